The van der Waals surface area contributed by atoms with Gasteiger partial charge in [0.2, 0.25) is 0 Å². The van der Waals surface area contributed by atoms with Crippen LogP contribution in [0.25, 0.3) is 0 Å². The lowest BCUT2D eigenvalue weighted by molar-refractivity contribution is 0.183. The molecule has 0 amide bonds. The number of nitrogens with two attached hydrogens (primary N) is 1. The average Bonchev–Trinajstić information content (AvgIpc) is 2.45. The number of benzene rings is 1. The first-order valence-electron chi connectivity index (χ1n) is 7.79. The largest absolute Gasteiger partial charge is 0.391 e. The summed E-state index contributed by atoms with van der Waals surface area (Å²) in [5.41, 5.74) is 6.64. The van der Waals surface area contributed by atoms with Crippen molar-refractivity contribution in [2.24, 2.45) is 11.7 Å². The van der Waals surface area contributed by atoms with Gasteiger partial charge in [-0.25, -0.2) is 0 Å². The van der Waals surface area contributed by atoms with E-state index in [1.807, 2.05) is 11.8 Å². The molecule has 2 nitrogen and oxygen atoms in total. The number of hydrogen-bond acceptors (Lipinski definition) is 3. The topological polar surface area (TPSA) is 46.2 Å². The normalized spacial score (nSPS) is 12.8. The Labute approximate surface area is 128 Å². The van der Waals surface area contributed by atoms with Crippen LogP contribution >= 0.6 is 11.8 Å². The lowest BCUT2D eigenvalue weighted by atomic mass is 10.0. The molecule has 20 heavy (non-hydrogen) atoms. The Morgan fingerprint density at radius 1 is 1.20 bits per heavy atom. The molecule has 0 radical (unpaired) electrons. The van der Waals surface area contributed by atoms with Crippen LogP contribution in [0.15, 0.2) is 29.2 Å². The van der Waals surface area contributed by atoms with Crippen molar-refractivity contribution >= 4 is 11.8 Å². The fourth-order valence-electron chi connectivity index (χ4n) is 2.46. The van der Waals surface area contributed by atoms with Gasteiger partial charge in [0.25, 0.3) is 0 Å². The molecule has 0 saturated carbocycles. The highest BCUT2D eigenvalue weighted by atomic mass is 32.2. The molecule has 114 valence electrons. The minimum atomic E-state index is -0.428. The molecule has 0 heterocycles. The molecule has 1 unspecified atom stereocenters. The van der Waals surface area contributed by atoms with Crippen molar-refractivity contribution in [3.05, 3.63) is 29.8 Å². The number of aliphatic hydroxyl groups excluding tert-OH is 1. The second kappa shape index (κ2) is 10.3. The van der Waals surface area contributed by atoms with Crippen LogP contribution in [-0.4, -0.2) is 23.5 Å². The molecule has 0 spiro atoms. The maximum Gasteiger partial charge on any atom is 0.0702 e. The fraction of sp³-hybridized carbons (Fsp3) is 0.647. The van der Waals surface area contributed by atoms with E-state index in [-0.39, 0.29) is 0 Å². The Morgan fingerprint density at radius 2 is 1.90 bits per heavy atom. The van der Waals surface area contributed by atoms with E-state index in [0.29, 0.717) is 13.0 Å². The van der Waals surface area contributed by atoms with Gasteiger partial charge >= 0.3 is 0 Å². The molecule has 0 saturated heterocycles. The first-order chi connectivity index (χ1) is 9.69. The van der Waals surface area contributed by atoms with Gasteiger partial charge in [-0.15, -0.1) is 11.8 Å². The van der Waals surface area contributed by atoms with Crippen molar-refractivity contribution in [3.8, 4) is 0 Å². The molecule has 0 bridgehead atoms. The molecular formula is C17H29NOS. The Morgan fingerprint density at radius 3 is 2.50 bits per heavy atom. The monoisotopic (exact) mass is 295 g/mol. The molecule has 1 atom stereocenters. The van der Waals surface area contributed by atoms with Gasteiger partial charge in [-0.1, -0.05) is 38.8 Å². The molecule has 0 aromatic heterocycles. The van der Waals surface area contributed by atoms with E-state index in [4.69, 9.17) is 5.73 Å². The van der Waals surface area contributed by atoms with Crippen molar-refractivity contribution in [3.63, 3.8) is 0 Å². The number of hydrogen-bond donors (Lipinski definition) is 2. The summed E-state index contributed by atoms with van der Waals surface area (Å²) < 4.78 is 0. The molecule has 0 fully saturated rings. The molecule has 0 aliphatic rings. The highest BCUT2D eigenvalue weighted by Gasteiger charge is 2.08. The van der Waals surface area contributed by atoms with Crippen LogP contribution < -0.4 is 5.73 Å². The lowest BCUT2D eigenvalue weighted by Gasteiger charge is -2.15. The lowest BCUT2D eigenvalue weighted by Crippen LogP contribution is -2.21. The maximum absolute atomic E-state index is 9.63. The first-order valence-corrected chi connectivity index (χ1v) is 8.78. The van der Waals surface area contributed by atoms with Gasteiger partial charge in [-0.05, 0) is 42.9 Å². The molecule has 3 heteroatoms. The standard InChI is InChI=1S/C17H29NOS/c1-3-6-14(7-4-2)13-20-17-9-5-8-15(11-17)10-16(19)12-18/h5,8-9,11,14,16,19H,3-4,6-7,10,12-13,18H2,1-2H3. The zero-order chi connectivity index (χ0) is 14.8. The third kappa shape index (κ3) is 6.78. The summed E-state index contributed by atoms with van der Waals surface area (Å²) in [5.74, 6) is 2.03. The van der Waals surface area contributed by atoms with Crippen LogP contribution in [0.3, 0.4) is 0 Å². The van der Waals surface area contributed by atoms with Crippen molar-refractivity contribution < 1.29 is 5.11 Å². The van der Waals surface area contributed by atoms with Crippen LogP contribution in [0.5, 0.6) is 0 Å². The van der Waals surface area contributed by atoms with Gasteiger partial charge in [-0.2, -0.15) is 0 Å². The van der Waals surface area contributed by atoms with E-state index >= 15 is 0 Å². The highest BCUT2D eigenvalue weighted by molar-refractivity contribution is 7.99. The van der Waals surface area contributed by atoms with Crippen LogP contribution in [-0.2, 0) is 6.42 Å². The van der Waals surface area contributed by atoms with Crippen molar-refractivity contribution in [2.45, 2.75) is 57.0 Å². The van der Waals surface area contributed by atoms with E-state index in [9.17, 15) is 5.11 Å². The van der Waals surface area contributed by atoms with Crippen LogP contribution in [0.1, 0.15) is 45.1 Å². The smallest absolute Gasteiger partial charge is 0.0702 e. The third-order valence-corrected chi connectivity index (χ3v) is 4.75. The molecule has 1 aromatic rings. The Hall–Kier alpha value is -0.510. The second-order valence-electron chi connectivity index (χ2n) is 5.50. The molecular weight excluding hydrogens is 266 g/mol. The number of aliphatic hydroxyl groups is 1. The molecule has 0 aliphatic carbocycles. The van der Waals surface area contributed by atoms with E-state index in [0.717, 1.165) is 5.92 Å². The van der Waals surface area contributed by atoms with Crippen molar-refractivity contribution in [2.75, 3.05) is 12.3 Å². The van der Waals surface area contributed by atoms with Crippen LogP contribution in [0.4, 0.5) is 0 Å². The third-order valence-electron chi connectivity index (χ3n) is 3.52. The zero-order valence-corrected chi connectivity index (χ0v) is 13.7. The van der Waals surface area contributed by atoms with E-state index < -0.39 is 6.10 Å². The second-order valence-corrected chi connectivity index (χ2v) is 6.59. The van der Waals surface area contributed by atoms with Gasteiger partial charge in [-0.3, -0.25) is 0 Å². The summed E-state index contributed by atoms with van der Waals surface area (Å²) in [5, 5.41) is 9.63. The van der Waals surface area contributed by atoms with E-state index in [2.05, 4.69) is 38.1 Å². The Balaban J connectivity index is 2.52. The first kappa shape index (κ1) is 17.5. The van der Waals surface area contributed by atoms with Gasteiger partial charge in [0, 0.05) is 17.2 Å². The molecule has 3 N–H and O–H groups in total. The zero-order valence-electron chi connectivity index (χ0n) is 12.8. The number of rotatable bonds is 10. The Kier molecular flexibility index (Phi) is 8.99. The van der Waals surface area contributed by atoms with Crippen molar-refractivity contribution in [1.82, 2.24) is 0 Å². The summed E-state index contributed by atoms with van der Waals surface area (Å²) in [6.45, 7) is 4.86. The summed E-state index contributed by atoms with van der Waals surface area (Å²) in [7, 11) is 0. The molecule has 1 rings (SSSR count). The molecule has 1 aromatic carbocycles. The minimum absolute atomic E-state index is 0.326. The van der Waals surface area contributed by atoms with E-state index in [1.165, 1.54) is 41.9 Å². The van der Waals surface area contributed by atoms with Crippen LogP contribution in [0.2, 0.25) is 0 Å². The Bertz CT molecular complexity index is 364. The fourth-order valence-corrected chi connectivity index (χ4v) is 3.63. The van der Waals surface area contributed by atoms with Gasteiger partial charge in [0.15, 0.2) is 0 Å². The SMILES string of the molecule is CCCC(CCC)CSc1cccc(CC(O)CN)c1. The van der Waals surface area contributed by atoms with Crippen molar-refractivity contribution in [1.29, 1.82) is 0 Å². The summed E-state index contributed by atoms with van der Waals surface area (Å²) in [6, 6.07) is 8.50. The van der Waals surface area contributed by atoms with Gasteiger partial charge in [0.1, 0.15) is 0 Å². The summed E-state index contributed by atoms with van der Waals surface area (Å²) in [4.78, 5) is 1.31. The average molecular weight is 295 g/mol. The quantitative estimate of drug-likeness (QED) is 0.644. The maximum atomic E-state index is 9.63. The summed E-state index contributed by atoms with van der Waals surface area (Å²) in [6.07, 6.45) is 5.42. The van der Waals surface area contributed by atoms with Gasteiger partial charge in [0.05, 0.1) is 6.10 Å². The molecule has 0 aliphatic heterocycles. The van der Waals surface area contributed by atoms with Crippen LogP contribution in [0, 0.1) is 5.92 Å². The predicted octanol–water partition coefficient (Wildman–Crippen LogP) is 3.86. The number of thioether (sulfide) groups is 1. The highest BCUT2D eigenvalue weighted by Crippen LogP contribution is 2.26. The minimum Gasteiger partial charge on any atom is -0.391 e. The van der Waals surface area contributed by atoms with Gasteiger partial charge < -0.3 is 10.8 Å². The van der Waals surface area contributed by atoms with E-state index in [1.54, 1.807) is 0 Å². The summed E-state index contributed by atoms with van der Waals surface area (Å²) >= 11 is 1.94. The predicted molar refractivity (Wildman–Crippen MR) is 89.2 cm³/mol.